The monoisotopic (exact) mass is 316 g/mol. The molecule has 1 amide bonds. The topological polar surface area (TPSA) is 88.4 Å². The number of ether oxygens (including phenoxy) is 2. The van der Waals surface area contributed by atoms with Crippen molar-refractivity contribution in [3.63, 3.8) is 0 Å². The largest absolute Gasteiger partial charge is 0.482 e. The van der Waals surface area contributed by atoms with E-state index in [1.165, 1.54) is 0 Å². The Labute approximate surface area is 135 Å². The van der Waals surface area contributed by atoms with Gasteiger partial charge in [0.25, 0.3) is 5.91 Å². The van der Waals surface area contributed by atoms with Gasteiger partial charge in [0.15, 0.2) is 12.7 Å². The Balaban J connectivity index is 1.72. The molecule has 122 valence electrons. The fraction of sp³-hybridized carbons (Fsp3) is 0.471. The number of carbonyl (C=O) groups is 2. The summed E-state index contributed by atoms with van der Waals surface area (Å²) in [6.45, 7) is 1.26. The second-order valence-electron chi connectivity index (χ2n) is 5.55. The van der Waals surface area contributed by atoms with Gasteiger partial charge in [-0.15, -0.1) is 0 Å². The first-order valence-electron chi connectivity index (χ1n) is 7.71. The molecule has 0 heterocycles. The van der Waals surface area contributed by atoms with Crippen LogP contribution >= 0.6 is 0 Å². The first-order valence-corrected chi connectivity index (χ1v) is 7.71. The minimum Gasteiger partial charge on any atom is -0.482 e. The van der Waals surface area contributed by atoms with Gasteiger partial charge in [-0.3, -0.25) is 4.79 Å². The SMILES string of the molecule is C[C@@H](OC(=O)COc1ccc(C#N)cc1)C(=O)NC1CCCC1. The van der Waals surface area contributed by atoms with Gasteiger partial charge in [0.2, 0.25) is 0 Å². The molecular weight excluding hydrogens is 296 g/mol. The molecule has 1 N–H and O–H groups in total. The second kappa shape index (κ2) is 8.18. The summed E-state index contributed by atoms with van der Waals surface area (Å²) < 4.78 is 10.3. The number of rotatable bonds is 6. The highest BCUT2D eigenvalue weighted by Crippen LogP contribution is 2.17. The van der Waals surface area contributed by atoms with E-state index in [4.69, 9.17) is 14.7 Å². The lowest BCUT2D eigenvalue weighted by Crippen LogP contribution is -2.41. The molecule has 0 aromatic heterocycles. The van der Waals surface area contributed by atoms with Gasteiger partial charge < -0.3 is 14.8 Å². The average Bonchev–Trinajstić information content (AvgIpc) is 3.06. The lowest BCUT2D eigenvalue weighted by atomic mass is 10.2. The standard InChI is InChI=1S/C17H20N2O4/c1-12(17(21)19-14-4-2-3-5-14)23-16(20)11-22-15-8-6-13(10-18)7-9-15/h6-9,12,14H,2-5,11H2,1H3,(H,19,21)/t12-/m1/s1. The Hall–Kier alpha value is -2.55. The number of amides is 1. The molecule has 1 aliphatic rings. The maximum atomic E-state index is 11.9. The number of esters is 1. The zero-order valence-electron chi connectivity index (χ0n) is 13.1. The molecule has 2 rings (SSSR count). The van der Waals surface area contributed by atoms with E-state index in [2.05, 4.69) is 5.32 Å². The molecule has 0 bridgehead atoms. The number of nitriles is 1. The van der Waals surface area contributed by atoms with Gasteiger partial charge in [-0.1, -0.05) is 12.8 Å². The molecule has 0 radical (unpaired) electrons. The van der Waals surface area contributed by atoms with E-state index < -0.39 is 12.1 Å². The van der Waals surface area contributed by atoms with Crippen LogP contribution in [0.15, 0.2) is 24.3 Å². The third-order valence-electron chi connectivity index (χ3n) is 3.72. The summed E-state index contributed by atoms with van der Waals surface area (Å²) in [5.41, 5.74) is 0.511. The van der Waals surface area contributed by atoms with Crippen LogP contribution in [0, 0.1) is 11.3 Å². The van der Waals surface area contributed by atoms with Crippen molar-refractivity contribution in [2.45, 2.75) is 44.8 Å². The first kappa shape index (κ1) is 16.8. The average molecular weight is 316 g/mol. The van der Waals surface area contributed by atoms with Gasteiger partial charge in [0.05, 0.1) is 11.6 Å². The van der Waals surface area contributed by atoms with Crippen LogP contribution in [0.5, 0.6) is 5.75 Å². The van der Waals surface area contributed by atoms with Gasteiger partial charge in [-0.05, 0) is 44.0 Å². The Morgan fingerprint density at radius 2 is 1.96 bits per heavy atom. The zero-order chi connectivity index (χ0) is 16.7. The maximum absolute atomic E-state index is 11.9. The van der Waals surface area contributed by atoms with E-state index in [0.29, 0.717) is 11.3 Å². The quantitative estimate of drug-likeness (QED) is 0.810. The van der Waals surface area contributed by atoms with Gasteiger partial charge in [0.1, 0.15) is 5.75 Å². The first-order chi connectivity index (χ1) is 11.1. The molecule has 0 spiro atoms. The Kier molecular flexibility index (Phi) is 5.98. The van der Waals surface area contributed by atoms with Crippen molar-refractivity contribution >= 4 is 11.9 Å². The fourth-order valence-corrected chi connectivity index (χ4v) is 2.44. The van der Waals surface area contributed by atoms with Gasteiger partial charge >= 0.3 is 5.97 Å². The van der Waals surface area contributed by atoms with Crippen molar-refractivity contribution in [1.29, 1.82) is 5.26 Å². The zero-order valence-corrected chi connectivity index (χ0v) is 13.1. The minimum absolute atomic E-state index is 0.193. The van der Waals surface area contributed by atoms with Gasteiger partial charge in [-0.25, -0.2) is 4.79 Å². The number of nitrogens with one attached hydrogen (secondary N) is 1. The summed E-state index contributed by atoms with van der Waals surface area (Å²) >= 11 is 0. The third kappa shape index (κ3) is 5.29. The van der Waals surface area contributed by atoms with Crippen LogP contribution in [0.2, 0.25) is 0 Å². The molecular formula is C17H20N2O4. The van der Waals surface area contributed by atoms with Crippen LogP contribution in [-0.4, -0.2) is 30.6 Å². The van der Waals surface area contributed by atoms with Gasteiger partial charge in [0, 0.05) is 6.04 Å². The van der Waals surface area contributed by atoms with Crippen LogP contribution in [0.3, 0.4) is 0 Å². The van der Waals surface area contributed by atoms with E-state index in [9.17, 15) is 9.59 Å². The summed E-state index contributed by atoms with van der Waals surface area (Å²) in [6.07, 6.45) is 3.37. The number of hydrogen-bond acceptors (Lipinski definition) is 5. The molecule has 23 heavy (non-hydrogen) atoms. The highest BCUT2D eigenvalue weighted by Gasteiger charge is 2.23. The molecule has 1 saturated carbocycles. The Morgan fingerprint density at radius 3 is 2.57 bits per heavy atom. The lowest BCUT2D eigenvalue weighted by Gasteiger charge is -2.17. The molecule has 1 aliphatic carbocycles. The lowest BCUT2D eigenvalue weighted by molar-refractivity contribution is -0.156. The van der Waals surface area contributed by atoms with Crippen LogP contribution in [0.25, 0.3) is 0 Å². The van der Waals surface area contributed by atoms with Crippen LogP contribution in [-0.2, 0) is 14.3 Å². The van der Waals surface area contributed by atoms with Crippen molar-refractivity contribution in [3.05, 3.63) is 29.8 Å². The van der Waals surface area contributed by atoms with Crippen LogP contribution < -0.4 is 10.1 Å². The van der Waals surface area contributed by atoms with Crippen LogP contribution in [0.4, 0.5) is 0 Å². The summed E-state index contributed by atoms with van der Waals surface area (Å²) in [7, 11) is 0. The molecule has 0 aliphatic heterocycles. The predicted molar refractivity (Wildman–Crippen MR) is 82.6 cm³/mol. The smallest absolute Gasteiger partial charge is 0.344 e. The van der Waals surface area contributed by atoms with Gasteiger partial charge in [-0.2, -0.15) is 5.26 Å². The molecule has 1 atom stereocenters. The third-order valence-corrected chi connectivity index (χ3v) is 3.72. The summed E-state index contributed by atoms with van der Waals surface area (Å²) in [5.74, 6) is -0.420. The second-order valence-corrected chi connectivity index (χ2v) is 5.55. The minimum atomic E-state index is -0.840. The Bertz CT molecular complexity index is 586. The van der Waals surface area contributed by atoms with Crippen molar-refractivity contribution in [1.82, 2.24) is 5.32 Å². The maximum Gasteiger partial charge on any atom is 0.344 e. The number of hydrogen-bond donors (Lipinski definition) is 1. The summed E-state index contributed by atoms with van der Waals surface area (Å²) in [4.78, 5) is 23.6. The summed E-state index contributed by atoms with van der Waals surface area (Å²) in [6, 6.07) is 8.58. The highest BCUT2D eigenvalue weighted by atomic mass is 16.6. The molecule has 0 unspecified atom stereocenters. The van der Waals surface area contributed by atoms with E-state index in [1.54, 1.807) is 31.2 Å². The van der Waals surface area contributed by atoms with Crippen molar-refractivity contribution < 1.29 is 19.1 Å². The summed E-state index contributed by atoms with van der Waals surface area (Å²) in [5, 5.41) is 11.6. The van der Waals surface area contributed by atoms with E-state index in [1.807, 2.05) is 6.07 Å². The van der Waals surface area contributed by atoms with Crippen molar-refractivity contribution in [3.8, 4) is 11.8 Å². The molecule has 0 saturated heterocycles. The molecule has 1 fully saturated rings. The molecule has 1 aromatic carbocycles. The van der Waals surface area contributed by atoms with Crippen LogP contribution in [0.1, 0.15) is 38.2 Å². The highest BCUT2D eigenvalue weighted by molar-refractivity contribution is 5.83. The molecule has 6 heteroatoms. The normalized spacial score (nSPS) is 15.5. The van der Waals surface area contributed by atoms with E-state index >= 15 is 0 Å². The fourth-order valence-electron chi connectivity index (χ4n) is 2.44. The van der Waals surface area contributed by atoms with E-state index in [0.717, 1.165) is 25.7 Å². The molecule has 6 nitrogen and oxygen atoms in total. The number of benzene rings is 1. The number of nitrogens with zero attached hydrogens (tertiary/aromatic N) is 1. The number of carbonyl (C=O) groups excluding carboxylic acids is 2. The molecule has 1 aromatic rings. The Morgan fingerprint density at radius 1 is 1.30 bits per heavy atom. The van der Waals surface area contributed by atoms with E-state index in [-0.39, 0.29) is 18.6 Å². The van der Waals surface area contributed by atoms with Crippen molar-refractivity contribution in [2.24, 2.45) is 0 Å². The predicted octanol–water partition coefficient (Wildman–Crippen LogP) is 1.93. The van der Waals surface area contributed by atoms with Crippen molar-refractivity contribution in [2.75, 3.05) is 6.61 Å².